The molecule has 1 aliphatic heterocycles. The lowest BCUT2D eigenvalue weighted by atomic mass is 10.1. The predicted molar refractivity (Wildman–Crippen MR) is 98.9 cm³/mol. The van der Waals surface area contributed by atoms with Gasteiger partial charge >= 0.3 is 0 Å². The van der Waals surface area contributed by atoms with Crippen LogP contribution in [0, 0.1) is 13.8 Å². The Balaban J connectivity index is 1.71. The molecule has 124 valence electrons. The normalized spacial score (nSPS) is 16.3. The zero-order valence-electron chi connectivity index (χ0n) is 13.4. The first-order valence-electron chi connectivity index (χ1n) is 7.57. The molecule has 0 aromatic heterocycles. The van der Waals surface area contributed by atoms with Crippen LogP contribution >= 0.6 is 23.4 Å². The van der Waals surface area contributed by atoms with E-state index < -0.39 is 5.25 Å². The SMILES string of the molecule is Cc1cc(C)c(NC(=O)C[C@@H]2Sc3ccccc3NC2=O)c(Cl)c1. The van der Waals surface area contributed by atoms with Gasteiger partial charge in [0.15, 0.2) is 0 Å². The van der Waals surface area contributed by atoms with E-state index in [0.29, 0.717) is 10.7 Å². The second-order valence-electron chi connectivity index (χ2n) is 5.78. The smallest absolute Gasteiger partial charge is 0.238 e. The summed E-state index contributed by atoms with van der Waals surface area (Å²) in [6.45, 7) is 3.84. The van der Waals surface area contributed by atoms with Crippen molar-refractivity contribution >= 4 is 46.6 Å². The summed E-state index contributed by atoms with van der Waals surface area (Å²) in [6.07, 6.45) is 0.0917. The van der Waals surface area contributed by atoms with Crippen molar-refractivity contribution in [3.63, 3.8) is 0 Å². The van der Waals surface area contributed by atoms with E-state index in [4.69, 9.17) is 11.6 Å². The van der Waals surface area contributed by atoms with Crippen LogP contribution in [0.2, 0.25) is 5.02 Å². The third kappa shape index (κ3) is 3.57. The third-order valence-electron chi connectivity index (χ3n) is 3.77. The zero-order valence-corrected chi connectivity index (χ0v) is 14.9. The van der Waals surface area contributed by atoms with Crippen LogP contribution in [0.3, 0.4) is 0 Å². The topological polar surface area (TPSA) is 58.2 Å². The first kappa shape index (κ1) is 16.9. The fraction of sp³-hybridized carbons (Fsp3) is 0.222. The van der Waals surface area contributed by atoms with Crippen LogP contribution in [0.15, 0.2) is 41.3 Å². The van der Waals surface area contributed by atoms with E-state index in [9.17, 15) is 9.59 Å². The number of benzene rings is 2. The van der Waals surface area contributed by atoms with Gasteiger partial charge in [0.1, 0.15) is 0 Å². The fourth-order valence-corrected chi connectivity index (χ4v) is 4.14. The van der Waals surface area contributed by atoms with Gasteiger partial charge in [0.2, 0.25) is 11.8 Å². The molecule has 0 aliphatic carbocycles. The van der Waals surface area contributed by atoms with Crippen LogP contribution in [0.25, 0.3) is 0 Å². The molecule has 2 amide bonds. The van der Waals surface area contributed by atoms with Crippen LogP contribution in [0.1, 0.15) is 17.5 Å². The Morgan fingerprint density at radius 3 is 2.79 bits per heavy atom. The average molecular weight is 361 g/mol. The molecule has 2 N–H and O–H groups in total. The number of hydrogen-bond acceptors (Lipinski definition) is 3. The lowest BCUT2D eigenvalue weighted by Gasteiger charge is -2.23. The summed E-state index contributed by atoms with van der Waals surface area (Å²) in [6, 6.07) is 11.3. The van der Waals surface area contributed by atoms with Gasteiger partial charge in [-0.2, -0.15) is 0 Å². The molecule has 24 heavy (non-hydrogen) atoms. The van der Waals surface area contributed by atoms with Crippen LogP contribution in [0.5, 0.6) is 0 Å². The Labute approximate surface area is 150 Å². The maximum absolute atomic E-state index is 12.4. The van der Waals surface area contributed by atoms with E-state index in [1.165, 1.54) is 11.8 Å². The zero-order chi connectivity index (χ0) is 17.3. The highest BCUT2D eigenvalue weighted by Crippen LogP contribution is 2.37. The van der Waals surface area contributed by atoms with Gasteiger partial charge in [-0.25, -0.2) is 0 Å². The Bertz CT molecular complexity index is 799. The number of rotatable bonds is 3. The molecule has 0 saturated heterocycles. The van der Waals surface area contributed by atoms with Crippen molar-refractivity contribution in [2.24, 2.45) is 0 Å². The lowest BCUT2D eigenvalue weighted by Crippen LogP contribution is -2.32. The highest BCUT2D eigenvalue weighted by Gasteiger charge is 2.29. The number of aryl methyl sites for hydroxylation is 2. The first-order valence-corrected chi connectivity index (χ1v) is 8.83. The fourth-order valence-electron chi connectivity index (χ4n) is 2.66. The standard InChI is InChI=1S/C18H17ClN2O2S/c1-10-7-11(2)17(12(19)8-10)21-16(22)9-15-18(23)20-13-5-3-4-6-14(13)24-15/h3-8,15H,9H2,1-2H3,(H,20,23)(H,21,22)/t15-/m0/s1. The van der Waals surface area contributed by atoms with Gasteiger partial charge in [-0.15, -0.1) is 11.8 Å². The average Bonchev–Trinajstić information content (AvgIpc) is 2.51. The van der Waals surface area contributed by atoms with Crippen molar-refractivity contribution in [1.82, 2.24) is 0 Å². The molecule has 2 aromatic carbocycles. The van der Waals surface area contributed by atoms with Gasteiger partial charge in [0.25, 0.3) is 0 Å². The predicted octanol–water partition coefficient (Wildman–Crippen LogP) is 4.40. The second-order valence-corrected chi connectivity index (χ2v) is 7.43. The Hall–Kier alpha value is -1.98. The van der Waals surface area contributed by atoms with Crippen molar-refractivity contribution in [2.75, 3.05) is 10.6 Å². The molecular weight excluding hydrogens is 344 g/mol. The number of carbonyl (C=O) groups excluding carboxylic acids is 2. The summed E-state index contributed by atoms with van der Waals surface area (Å²) < 4.78 is 0. The highest BCUT2D eigenvalue weighted by atomic mass is 35.5. The number of thioether (sulfide) groups is 1. The summed E-state index contributed by atoms with van der Waals surface area (Å²) in [4.78, 5) is 25.5. The van der Waals surface area contributed by atoms with E-state index in [0.717, 1.165) is 21.7 Å². The number of para-hydroxylation sites is 1. The van der Waals surface area contributed by atoms with Crippen molar-refractivity contribution in [3.05, 3.63) is 52.5 Å². The minimum atomic E-state index is -0.454. The number of hydrogen-bond donors (Lipinski definition) is 2. The number of fused-ring (bicyclic) bond motifs is 1. The summed E-state index contributed by atoms with van der Waals surface area (Å²) in [5, 5.41) is 5.73. The van der Waals surface area contributed by atoms with Crippen molar-refractivity contribution < 1.29 is 9.59 Å². The van der Waals surface area contributed by atoms with E-state index in [2.05, 4.69) is 10.6 Å². The molecule has 0 saturated carbocycles. The van der Waals surface area contributed by atoms with Crippen molar-refractivity contribution in [1.29, 1.82) is 0 Å². The van der Waals surface area contributed by atoms with E-state index in [1.54, 1.807) is 0 Å². The van der Waals surface area contributed by atoms with Gasteiger partial charge in [0, 0.05) is 11.3 Å². The molecule has 1 atom stereocenters. The van der Waals surface area contributed by atoms with Crippen LogP contribution in [-0.2, 0) is 9.59 Å². The first-order chi connectivity index (χ1) is 11.4. The minimum Gasteiger partial charge on any atom is -0.325 e. The number of halogens is 1. The number of anilines is 2. The Kier molecular flexibility index (Phi) is 4.83. The minimum absolute atomic E-state index is 0.0917. The van der Waals surface area contributed by atoms with Crippen LogP contribution in [-0.4, -0.2) is 17.1 Å². The molecule has 6 heteroatoms. The Morgan fingerprint density at radius 2 is 2.04 bits per heavy atom. The summed E-state index contributed by atoms with van der Waals surface area (Å²) >= 11 is 7.63. The molecule has 0 radical (unpaired) electrons. The van der Waals surface area contributed by atoms with Gasteiger partial charge in [0.05, 0.1) is 21.6 Å². The molecule has 1 aliphatic rings. The van der Waals surface area contributed by atoms with Gasteiger partial charge in [-0.1, -0.05) is 29.8 Å². The monoisotopic (exact) mass is 360 g/mol. The second kappa shape index (κ2) is 6.87. The lowest BCUT2D eigenvalue weighted by molar-refractivity contribution is -0.120. The molecule has 0 spiro atoms. The van der Waals surface area contributed by atoms with Gasteiger partial charge < -0.3 is 10.6 Å². The molecule has 0 bridgehead atoms. The quantitative estimate of drug-likeness (QED) is 0.853. The van der Waals surface area contributed by atoms with Gasteiger partial charge in [-0.05, 0) is 43.2 Å². The number of carbonyl (C=O) groups is 2. The summed E-state index contributed by atoms with van der Waals surface area (Å²) in [5.41, 5.74) is 3.34. The molecule has 0 fully saturated rings. The summed E-state index contributed by atoms with van der Waals surface area (Å²) in [5.74, 6) is -0.378. The Morgan fingerprint density at radius 1 is 1.29 bits per heavy atom. The van der Waals surface area contributed by atoms with Crippen molar-refractivity contribution in [3.8, 4) is 0 Å². The van der Waals surface area contributed by atoms with Crippen LogP contribution in [0.4, 0.5) is 11.4 Å². The third-order valence-corrected chi connectivity index (χ3v) is 5.35. The van der Waals surface area contributed by atoms with E-state index in [-0.39, 0.29) is 18.2 Å². The maximum Gasteiger partial charge on any atom is 0.238 e. The number of amides is 2. The van der Waals surface area contributed by atoms with Gasteiger partial charge in [-0.3, -0.25) is 9.59 Å². The van der Waals surface area contributed by atoms with Crippen molar-refractivity contribution in [2.45, 2.75) is 30.4 Å². The largest absolute Gasteiger partial charge is 0.325 e. The molecule has 4 nitrogen and oxygen atoms in total. The van der Waals surface area contributed by atoms with E-state index in [1.807, 2.05) is 50.2 Å². The molecule has 0 unspecified atom stereocenters. The molecule has 3 rings (SSSR count). The maximum atomic E-state index is 12.4. The molecule has 2 aromatic rings. The van der Waals surface area contributed by atoms with E-state index >= 15 is 0 Å². The highest BCUT2D eigenvalue weighted by molar-refractivity contribution is 8.01. The molecule has 1 heterocycles. The summed E-state index contributed by atoms with van der Waals surface area (Å²) in [7, 11) is 0. The van der Waals surface area contributed by atoms with Crippen LogP contribution < -0.4 is 10.6 Å². The number of nitrogens with one attached hydrogen (secondary N) is 2. The molecular formula is C18H17ClN2O2S.